The number of pyridine rings is 1. The second-order valence-corrected chi connectivity index (χ2v) is 10.3. The number of hydrogen-bond donors (Lipinski definition) is 1. The van der Waals surface area contributed by atoms with Crippen LogP contribution in [-0.2, 0) is 10.0 Å². The fourth-order valence-electron chi connectivity index (χ4n) is 4.45. The van der Waals surface area contributed by atoms with E-state index >= 15 is 0 Å². The van der Waals surface area contributed by atoms with Gasteiger partial charge in [0.2, 0.25) is 10.0 Å². The van der Waals surface area contributed by atoms with Crippen LogP contribution >= 0.6 is 0 Å². The lowest BCUT2D eigenvalue weighted by Crippen LogP contribution is -2.42. The van der Waals surface area contributed by atoms with Crippen LogP contribution in [-0.4, -0.2) is 36.8 Å². The van der Waals surface area contributed by atoms with Gasteiger partial charge in [-0.2, -0.15) is 31.9 Å². The van der Waals surface area contributed by atoms with Gasteiger partial charge in [0.15, 0.2) is 11.6 Å². The predicted molar refractivity (Wildman–Crippen MR) is 120 cm³/mol. The van der Waals surface area contributed by atoms with E-state index in [-0.39, 0.29) is 33.9 Å². The van der Waals surface area contributed by atoms with Gasteiger partial charge >= 0.3 is 12.8 Å². The molecule has 4 rings (SSSR count). The number of halogens is 6. The highest BCUT2D eigenvalue weighted by molar-refractivity contribution is 7.89. The number of benzene rings is 1. The van der Waals surface area contributed by atoms with Crippen LogP contribution in [0.3, 0.4) is 0 Å². The predicted octanol–water partition coefficient (Wildman–Crippen LogP) is 5.66. The Hall–Kier alpha value is -3.31. The fraction of sp³-hybridized carbons (Fsp3) is 0.391. The maximum Gasteiger partial charge on any atom is 0.404 e. The summed E-state index contributed by atoms with van der Waals surface area (Å²) < 4.78 is 111. The second-order valence-electron chi connectivity index (χ2n) is 8.59. The first-order valence-electron chi connectivity index (χ1n) is 11.1. The molecule has 0 bridgehead atoms. The summed E-state index contributed by atoms with van der Waals surface area (Å²) in [5.41, 5.74) is 0.545. The Kier molecular flexibility index (Phi) is 7.13. The van der Waals surface area contributed by atoms with Crippen molar-refractivity contribution in [1.82, 2.24) is 14.3 Å². The fourth-order valence-corrected chi connectivity index (χ4v) is 5.62. The summed E-state index contributed by atoms with van der Waals surface area (Å²) in [6, 6.07) is 3.72. The van der Waals surface area contributed by atoms with E-state index in [2.05, 4.69) is 9.72 Å². The molecule has 3 aromatic rings. The van der Waals surface area contributed by atoms with E-state index < -0.39 is 45.3 Å². The van der Waals surface area contributed by atoms with Crippen molar-refractivity contribution in [1.29, 1.82) is 5.26 Å². The van der Waals surface area contributed by atoms with E-state index in [1.54, 1.807) is 4.57 Å². The van der Waals surface area contributed by atoms with Crippen LogP contribution in [0, 0.1) is 17.1 Å². The molecule has 1 aromatic carbocycles. The molecule has 0 aliphatic heterocycles. The van der Waals surface area contributed by atoms with Crippen LogP contribution < -0.4 is 9.46 Å². The van der Waals surface area contributed by atoms with Gasteiger partial charge in [-0.05, 0) is 38.0 Å². The van der Waals surface area contributed by atoms with Crippen molar-refractivity contribution in [2.45, 2.75) is 62.4 Å². The Bertz CT molecular complexity index is 1460. The maximum absolute atomic E-state index is 14.5. The molecule has 1 N–H and O–H groups in total. The van der Waals surface area contributed by atoms with Crippen molar-refractivity contribution in [3.8, 4) is 23.2 Å². The molecule has 14 heteroatoms. The van der Waals surface area contributed by atoms with Gasteiger partial charge < -0.3 is 9.30 Å². The number of nitrogens with one attached hydrogen (secondary N) is 1. The largest absolute Gasteiger partial charge is 0.432 e. The highest BCUT2D eigenvalue weighted by Gasteiger charge is 2.39. The van der Waals surface area contributed by atoms with E-state index in [1.165, 1.54) is 10.8 Å². The third-order valence-electron chi connectivity index (χ3n) is 6.19. The van der Waals surface area contributed by atoms with Gasteiger partial charge in [-0.1, -0.05) is 12.8 Å². The number of rotatable bonds is 7. The SMILES string of the molecule is C[C@@H](NS(=O)(=O)c1ccc(-c2c(C#N)c3cc(F)c(OC(F)F)cc3n2C2CCCC2)nc1)C(F)(F)F. The van der Waals surface area contributed by atoms with E-state index in [9.17, 15) is 40.0 Å². The highest BCUT2D eigenvalue weighted by Crippen LogP contribution is 2.42. The van der Waals surface area contributed by atoms with Crippen LogP contribution in [0.2, 0.25) is 0 Å². The van der Waals surface area contributed by atoms with Crippen molar-refractivity contribution >= 4 is 20.9 Å². The summed E-state index contributed by atoms with van der Waals surface area (Å²) in [4.78, 5) is 3.56. The monoisotopic (exact) mass is 546 g/mol. The van der Waals surface area contributed by atoms with Crippen LogP contribution in [0.15, 0.2) is 35.4 Å². The molecule has 0 spiro atoms. The average Bonchev–Trinajstić information content (AvgIpc) is 3.44. The maximum atomic E-state index is 14.5. The molecule has 198 valence electrons. The zero-order chi connectivity index (χ0) is 27.1. The number of hydrogen-bond acceptors (Lipinski definition) is 5. The Morgan fingerprint density at radius 3 is 2.43 bits per heavy atom. The molecule has 2 heterocycles. The smallest absolute Gasteiger partial charge is 0.404 e. The molecule has 1 aliphatic carbocycles. The van der Waals surface area contributed by atoms with E-state index in [0.29, 0.717) is 19.8 Å². The quantitative estimate of drug-likeness (QED) is 0.386. The van der Waals surface area contributed by atoms with E-state index in [0.717, 1.165) is 37.2 Å². The number of ether oxygens (including phenoxy) is 1. The van der Waals surface area contributed by atoms with Crippen LogP contribution in [0.1, 0.15) is 44.2 Å². The van der Waals surface area contributed by atoms with Crippen molar-refractivity contribution in [2.24, 2.45) is 0 Å². The molecule has 0 radical (unpaired) electrons. The van der Waals surface area contributed by atoms with Gasteiger partial charge in [-0.15, -0.1) is 0 Å². The first kappa shape index (κ1) is 26.7. The first-order chi connectivity index (χ1) is 17.3. The van der Waals surface area contributed by atoms with Gasteiger partial charge in [-0.3, -0.25) is 4.98 Å². The zero-order valence-corrected chi connectivity index (χ0v) is 20.0. The lowest BCUT2D eigenvalue weighted by atomic mass is 10.1. The number of sulfonamides is 1. The normalized spacial score (nSPS) is 15.9. The highest BCUT2D eigenvalue weighted by atomic mass is 32.2. The second kappa shape index (κ2) is 9.86. The summed E-state index contributed by atoms with van der Waals surface area (Å²) in [5.74, 6) is -1.80. The molecule has 2 aromatic heterocycles. The number of alkyl halides is 5. The van der Waals surface area contributed by atoms with Gasteiger partial charge in [0, 0.05) is 23.7 Å². The lowest BCUT2D eigenvalue weighted by molar-refractivity contribution is -0.147. The minimum absolute atomic E-state index is 0.0173. The number of aromatic nitrogens is 2. The molecule has 1 saturated carbocycles. The van der Waals surface area contributed by atoms with E-state index in [4.69, 9.17) is 0 Å². The molecule has 1 aliphatic rings. The molecule has 0 unspecified atom stereocenters. The van der Waals surface area contributed by atoms with Crippen LogP contribution in [0.4, 0.5) is 26.3 Å². The Balaban J connectivity index is 1.86. The summed E-state index contributed by atoms with van der Waals surface area (Å²) in [6.07, 6.45) is -0.898. The minimum atomic E-state index is -4.80. The minimum Gasteiger partial charge on any atom is -0.432 e. The first-order valence-corrected chi connectivity index (χ1v) is 12.6. The summed E-state index contributed by atoms with van der Waals surface area (Å²) in [5, 5.41) is 10.0. The molecule has 1 atom stereocenters. The molecule has 0 amide bonds. The van der Waals surface area contributed by atoms with Gasteiger partial charge in [0.25, 0.3) is 0 Å². The Morgan fingerprint density at radius 1 is 1.22 bits per heavy atom. The third kappa shape index (κ3) is 5.24. The molecular weight excluding hydrogens is 526 g/mol. The van der Waals surface area contributed by atoms with Crippen molar-refractivity contribution in [2.75, 3.05) is 0 Å². The van der Waals surface area contributed by atoms with E-state index in [1.807, 2.05) is 6.07 Å². The molecule has 7 nitrogen and oxygen atoms in total. The zero-order valence-electron chi connectivity index (χ0n) is 19.2. The van der Waals surface area contributed by atoms with Crippen molar-refractivity contribution < 1.29 is 39.5 Å². The standard InChI is InChI=1S/C23H20F6N4O3S/c1-12(23(27,28)29)32-37(34,35)14-6-7-18(31-11-14)21-16(10-30)15-8-17(24)20(36-22(25)26)9-19(15)33(21)13-4-2-3-5-13/h6-9,11-13,22,32H,2-5H2,1H3/t12-/m1/s1. The molecular formula is C23H20F6N4O3S. The average molecular weight is 546 g/mol. The topological polar surface area (TPSA) is 97.0 Å². The summed E-state index contributed by atoms with van der Waals surface area (Å²) in [6.45, 7) is -2.62. The van der Waals surface area contributed by atoms with Gasteiger partial charge in [-0.25, -0.2) is 12.8 Å². The summed E-state index contributed by atoms with van der Waals surface area (Å²) >= 11 is 0. The Labute approximate surface area is 207 Å². The number of nitriles is 1. The van der Waals surface area contributed by atoms with Gasteiger partial charge in [0.05, 0.1) is 22.5 Å². The number of fused-ring (bicyclic) bond motifs is 1. The lowest BCUT2D eigenvalue weighted by Gasteiger charge is -2.19. The Morgan fingerprint density at radius 2 is 1.89 bits per heavy atom. The van der Waals surface area contributed by atoms with Crippen LogP contribution in [0.25, 0.3) is 22.3 Å². The van der Waals surface area contributed by atoms with Gasteiger partial charge in [0.1, 0.15) is 17.0 Å². The van der Waals surface area contributed by atoms with Crippen molar-refractivity contribution in [3.63, 3.8) is 0 Å². The molecule has 37 heavy (non-hydrogen) atoms. The number of nitrogens with zero attached hydrogens (tertiary/aromatic N) is 3. The summed E-state index contributed by atoms with van der Waals surface area (Å²) in [7, 11) is -4.57. The van der Waals surface area contributed by atoms with Crippen molar-refractivity contribution in [3.05, 3.63) is 41.8 Å². The molecule has 0 saturated heterocycles. The molecule has 1 fully saturated rings. The van der Waals surface area contributed by atoms with Crippen LogP contribution in [0.5, 0.6) is 5.75 Å². The third-order valence-corrected chi connectivity index (χ3v) is 7.71.